The summed E-state index contributed by atoms with van der Waals surface area (Å²) in [6.45, 7) is 4.57. The lowest BCUT2D eigenvalue weighted by Gasteiger charge is -2.41. The molecule has 0 aliphatic carbocycles. The minimum absolute atomic E-state index is 0.0302. The molecular formula is C35H32Cl2FN5O5. The Hall–Kier alpha value is -4.32. The minimum Gasteiger partial charge on any atom is -0.478 e. The molecule has 8 rings (SSSR count). The summed E-state index contributed by atoms with van der Waals surface area (Å²) in [7, 11) is 0. The fraction of sp³-hybridized carbons (Fsp3) is 0.343. The van der Waals surface area contributed by atoms with E-state index in [0.717, 1.165) is 43.2 Å². The standard InChI is InChI=1S/C35H32Cl2FN5O5/c1-19-11-39-42(12-19)24-14-40(15-24)23-7-28(36)32(29(37)8-23)34(44)41-13-20-3-2-4-25(33(20)48-18-41)26-10-31(27(35(45)46)9-30(26)38)43-21-5-6-22(43)17-47-16-21/h2-4,7-12,21-22,24H,5-6,13-18H2,1H3,(H,45,46). The lowest BCUT2D eigenvalue weighted by atomic mass is 9.96. The number of halogens is 3. The Morgan fingerprint density at radius 3 is 2.40 bits per heavy atom. The van der Waals surface area contributed by atoms with E-state index in [9.17, 15) is 14.7 Å². The number of rotatable bonds is 6. The maximum absolute atomic E-state index is 15.7. The van der Waals surface area contributed by atoms with Crippen molar-refractivity contribution in [1.29, 1.82) is 0 Å². The molecule has 1 N–H and O–H groups in total. The van der Waals surface area contributed by atoms with E-state index in [1.807, 2.05) is 30.1 Å². The third-order valence-corrected chi connectivity index (χ3v) is 10.4. The van der Waals surface area contributed by atoms with Crippen LogP contribution in [-0.2, 0) is 11.3 Å². The fourth-order valence-electron chi connectivity index (χ4n) is 7.36. The van der Waals surface area contributed by atoms with Crippen molar-refractivity contribution in [3.63, 3.8) is 0 Å². The average molecular weight is 693 g/mol. The van der Waals surface area contributed by atoms with Crippen molar-refractivity contribution in [3.05, 3.63) is 93.0 Å². The van der Waals surface area contributed by atoms with Crippen LogP contribution < -0.4 is 14.5 Å². The Morgan fingerprint density at radius 2 is 1.73 bits per heavy atom. The van der Waals surface area contributed by atoms with E-state index < -0.39 is 11.8 Å². The highest BCUT2D eigenvalue weighted by molar-refractivity contribution is 6.40. The smallest absolute Gasteiger partial charge is 0.337 e. The number of nitrogens with zero attached hydrogens (tertiary/aromatic N) is 5. The lowest BCUT2D eigenvalue weighted by molar-refractivity contribution is 0.0516. The van der Waals surface area contributed by atoms with Gasteiger partial charge in [-0.2, -0.15) is 5.10 Å². The molecule has 5 heterocycles. The van der Waals surface area contributed by atoms with Crippen LogP contribution in [0, 0.1) is 12.7 Å². The molecule has 0 spiro atoms. The summed E-state index contributed by atoms with van der Waals surface area (Å²) in [6.07, 6.45) is 5.61. The number of amides is 1. The molecule has 4 aliphatic heterocycles. The van der Waals surface area contributed by atoms with E-state index in [1.165, 1.54) is 4.90 Å². The quantitative estimate of drug-likeness (QED) is 0.247. The van der Waals surface area contributed by atoms with E-state index in [-0.39, 0.29) is 64.0 Å². The first-order valence-corrected chi connectivity index (χ1v) is 16.6. The molecule has 2 atom stereocenters. The van der Waals surface area contributed by atoms with Gasteiger partial charge in [-0.15, -0.1) is 0 Å². The lowest BCUT2D eigenvalue weighted by Crippen LogP contribution is -2.48. The van der Waals surface area contributed by atoms with Gasteiger partial charge < -0.3 is 29.3 Å². The van der Waals surface area contributed by atoms with Gasteiger partial charge in [0, 0.05) is 41.7 Å². The molecule has 10 nitrogen and oxygen atoms in total. The average Bonchev–Trinajstić information content (AvgIpc) is 3.57. The van der Waals surface area contributed by atoms with Gasteiger partial charge in [-0.1, -0.05) is 41.4 Å². The number of aromatic carboxylic acids is 1. The van der Waals surface area contributed by atoms with Gasteiger partial charge in [0.05, 0.1) is 70.9 Å². The second-order valence-electron chi connectivity index (χ2n) is 12.9. The molecule has 1 aromatic heterocycles. The summed E-state index contributed by atoms with van der Waals surface area (Å²) in [5.41, 5.74) is 3.89. The Bertz CT molecular complexity index is 1920. The van der Waals surface area contributed by atoms with E-state index in [4.69, 9.17) is 32.7 Å². The monoisotopic (exact) mass is 691 g/mol. The van der Waals surface area contributed by atoms with E-state index >= 15 is 4.39 Å². The minimum atomic E-state index is -1.19. The Kier molecular flexibility index (Phi) is 7.73. The van der Waals surface area contributed by atoms with Crippen molar-refractivity contribution >= 4 is 46.5 Å². The van der Waals surface area contributed by atoms with Crippen molar-refractivity contribution in [3.8, 4) is 16.9 Å². The van der Waals surface area contributed by atoms with Gasteiger partial charge in [-0.25, -0.2) is 9.18 Å². The highest BCUT2D eigenvalue weighted by Gasteiger charge is 2.40. The van der Waals surface area contributed by atoms with E-state index in [0.29, 0.717) is 35.8 Å². The number of carbonyl (C=O) groups excluding carboxylic acids is 1. The second-order valence-corrected chi connectivity index (χ2v) is 13.7. The van der Waals surface area contributed by atoms with Crippen LogP contribution >= 0.6 is 23.2 Å². The number of fused-ring (bicyclic) bond motifs is 3. The summed E-state index contributed by atoms with van der Waals surface area (Å²) in [5.74, 6) is -1.81. The Morgan fingerprint density at radius 1 is 1.00 bits per heavy atom. The van der Waals surface area contributed by atoms with Crippen LogP contribution in [0.3, 0.4) is 0 Å². The first kappa shape index (κ1) is 31.0. The maximum atomic E-state index is 15.7. The van der Waals surface area contributed by atoms with Crippen LogP contribution in [0.5, 0.6) is 5.75 Å². The third kappa shape index (κ3) is 5.24. The van der Waals surface area contributed by atoms with Gasteiger partial charge in [-0.05, 0) is 49.6 Å². The van der Waals surface area contributed by atoms with E-state index in [1.54, 1.807) is 30.3 Å². The molecule has 0 radical (unpaired) electrons. The zero-order valence-corrected chi connectivity index (χ0v) is 27.5. The number of para-hydroxylation sites is 1. The number of ether oxygens (including phenoxy) is 2. The van der Waals surface area contributed by atoms with Crippen LogP contribution in [0.4, 0.5) is 15.8 Å². The number of carboxylic acids is 1. The Labute approximate surface area is 286 Å². The van der Waals surface area contributed by atoms with Crippen molar-refractivity contribution in [2.45, 2.75) is 44.4 Å². The molecule has 248 valence electrons. The number of morpholine rings is 1. The van der Waals surface area contributed by atoms with Gasteiger partial charge in [-0.3, -0.25) is 9.48 Å². The number of hydrogen-bond acceptors (Lipinski definition) is 7. The normalized spacial score (nSPS) is 20.4. The highest BCUT2D eigenvalue weighted by atomic mass is 35.5. The molecule has 4 aromatic rings. The molecular weight excluding hydrogens is 660 g/mol. The fourth-order valence-corrected chi connectivity index (χ4v) is 8.00. The van der Waals surface area contributed by atoms with Crippen molar-refractivity contribution in [2.24, 2.45) is 0 Å². The molecule has 2 bridgehead atoms. The first-order valence-electron chi connectivity index (χ1n) is 15.9. The number of hydrogen-bond donors (Lipinski definition) is 1. The zero-order valence-electron chi connectivity index (χ0n) is 26.0. The summed E-state index contributed by atoms with van der Waals surface area (Å²) >= 11 is 13.4. The van der Waals surface area contributed by atoms with Crippen molar-refractivity contribution in [2.75, 3.05) is 42.8 Å². The number of aryl methyl sites for hydroxylation is 1. The van der Waals surface area contributed by atoms with E-state index in [2.05, 4.69) is 14.9 Å². The van der Waals surface area contributed by atoms with Gasteiger partial charge in [0.1, 0.15) is 11.6 Å². The topological polar surface area (TPSA) is 100 Å². The molecule has 3 aromatic carbocycles. The van der Waals surface area contributed by atoms with Crippen LogP contribution in [0.2, 0.25) is 10.0 Å². The summed E-state index contributed by atoms with van der Waals surface area (Å²) in [6, 6.07) is 11.9. The van der Waals surface area contributed by atoms with Crippen LogP contribution in [0.15, 0.2) is 54.9 Å². The summed E-state index contributed by atoms with van der Waals surface area (Å²) in [5, 5.41) is 14.9. The number of carbonyl (C=O) groups is 2. The van der Waals surface area contributed by atoms with Gasteiger partial charge in [0.2, 0.25) is 0 Å². The van der Waals surface area contributed by atoms with Gasteiger partial charge >= 0.3 is 5.97 Å². The number of aromatic nitrogens is 2. The maximum Gasteiger partial charge on any atom is 0.337 e. The number of benzene rings is 3. The molecule has 2 unspecified atom stereocenters. The molecule has 0 saturated carbocycles. The summed E-state index contributed by atoms with van der Waals surface area (Å²) in [4.78, 5) is 31.7. The molecule has 3 saturated heterocycles. The third-order valence-electron chi connectivity index (χ3n) is 9.81. The highest BCUT2D eigenvalue weighted by Crippen LogP contribution is 2.43. The van der Waals surface area contributed by atoms with Gasteiger partial charge in [0.25, 0.3) is 5.91 Å². The van der Waals surface area contributed by atoms with Crippen LogP contribution in [0.25, 0.3) is 11.1 Å². The Balaban J connectivity index is 1.04. The molecule has 3 fully saturated rings. The number of anilines is 2. The van der Waals surface area contributed by atoms with Crippen LogP contribution in [0.1, 0.15) is 50.7 Å². The van der Waals surface area contributed by atoms with Crippen LogP contribution in [-0.4, -0.2) is 76.8 Å². The molecule has 1 amide bonds. The predicted octanol–water partition coefficient (Wildman–Crippen LogP) is 6.42. The van der Waals surface area contributed by atoms with Crippen molar-refractivity contribution < 1.29 is 28.6 Å². The number of carboxylic acid groups (broad SMARTS) is 1. The zero-order chi connectivity index (χ0) is 33.3. The predicted molar refractivity (Wildman–Crippen MR) is 179 cm³/mol. The molecule has 48 heavy (non-hydrogen) atoms. The largest absolute Gasteiger partial charge is 0.478 e. The SMILES string of the molecule is Cc1cnn(C2CN(c3cc(Cl)c(C(=O)N4COc5c(cccc5-c5cc(N6C7CCC6COC7)c(C(=O)O)cc5F)C4)c(Cl)c3)C2)c1. The second kappa shape index (κ2) is 12.0. The molecule has 13 heteroatoms. The molecule has 4 aliphatic rings. The van der Waals surface area contributed by atoms with Crippen molar-refractivity contribution in [1.82, 2.24) is 14.7 Å². The van der Waals surface area contributed by atoms with Gasteiger partial charge in [0.15, 0.2) is 6.73 Å². The first-order chi connectivity index (χ1) is 23.2. The summed E-state index contributed by atoms with van der Waals surface area (Å²) < 4.78 is 29.5.